The summed E-state index contributed by atoms with van der Waals surface area (Å²) < 4.78 is 0. The summed E-state index contributed by atoms with van der Waals surface area (Å²) in [5, 5.41) is 9.77. The summed E-state index contributed by atoms with van der Waals surface area (Å²) in [6.45, 7) is 6.35. The molecule has 3 rings (SSSR count). The molecule has 168 valence electrons. The maximum absolute atomic E-state index is 12.0. The van der Waals surface area contributed by atoms with E-state index in [1.807, 2.05) is 31.2 Å². The fraction of sp³-hybridized carbons (Fsp3) is 0.417. The molecule has 0 saturated carbocycles. The molecule has 0 unspecified atom stereocenters. The SMILES string of the molecule is CCNC(=O)c1cccc(CNC(=NC)NC2CCN(Cc3ccccc3)CC2)c1.I. The summed E-state index contributed by atoms with van der Waals surface area (Å²) in [6.07, 6.45) is 2.19. The predicted molar refractivity (Wildman–Crippen MR) is 138 cm³/mol. The second-order valence-corrected chi connectivity index (χ2v) is 7.67. The van der Waals surface area contributed by atoms with Gasteiger partial charge in [-0.3, -0.25) is 14.7 Å². The molecule has 0 radical (unpaired) electrons. The first-order valence-electron chi connectivity index (χ1n) is 10.8. The molecule has 0 aromatic heterocycles. The van der Waals surface area contributed by atoms with E-state index >= 15 is 0 Å². The Kier molecular flexibility index (Phi) is 10.8. The number of carbonyl (C=O) groups excluding carboxylic acids is 1. The highest BCUT2D eigenvalue weighted by atomic mass is 127. The highest BCUT2D eigenvalue weighted by Crippen LogP contribution is 2.14. The number of nitrogens with zero attached hydrogens (tertiary/aromatic N) is 2. The van der Waals surface area contributed by atoms with Gasteiger partial charge in [0.2, 0.25) is 0 Å². The van der Waals surface area contributed by atoms with E-state index in [4.69, 9.17) is 0 Å². The zero-order chi connectivity index (χ0) is 21.2. The van der Waals surface area contributed by atoms with Crippen LogP contribution in [0.3, 0.4) is 0 Å². The van der Waals surface area contributed by atoms with Crippen molar-refractivity contribution >= 4 is 35.8 Å². The van der Waals surface area contributed by atoms with Crippen LogP contribution in [-0.4, -0.2) is 49.5 Å². The van der Waals surface area contributed by atoms with Crippen LogP contribution >= 0.6 is 24.0 Å². The lowest BCUT2D eigenvalue weighted by atomic mass is 10.0. The third kappa shape index (κ3) is 8.14. The predicted octanol–water partition coefficient (Wildman–Crippen LogP) is 3.38. The van der Waals surface area contributed by atoms with Gasteiger partial charge in [-0.1, -0.05) is 42.5 Å². The number of nitrogens with one attached hydrogen (secondary N) is 3. The van der Waals surface area contributed by atoms with Crippen LogP contribution in [0.5, 0.6) is 0 Å². The quantitative estimate of drug-likeness (QED) is 0.289. The van der Waals surface area contributed by atoms with E-state index in [9.17, 15) is 4.79 Å². The summed E-state index contributed by atoms with van der Waals surface area (Å²) >= 11 is 0. The fourth-order valence-electron chi connectivity index (χ4n) is 3.74. The van der Waals surface area contributed by atoms with Gasteiger partial charge < -0.3 is 16.0 Å². The lowest BCUT2D eigenvalue weighted by molar-refractivity contribution is 0.0955. The zero-order valence-electron chi connectivity index (χ0n) is 18.4. The number of hydrogen-bond donors (Lipinski definition) is 3. The smallest absolute Gasteiger partial charge is 0.251 e. The fourth-order valence-corrected chi connectivity index (χ4v) is 3.74. The number of halogens is 1. The molecular formula is C24H34IN5O. The number of benzene rings is 2. The number of piperidine rings is 1. The van der Waals surface area contributed by atoms with Crippen LogP contribution in [0, 0.1) is 0 Å². The number of carbonyl (C=O) groups is 1. The molecular weight excluding hydrogens is 501 g/mol. The van der Waals surface area contributed by atoms with Crippen molar-refractivity contribution in [3.63, 3.8) is 0 Å². The van der Waals surface area contributed by atoms with Crippen LogP contribution in [0.2, 0.25) is 0 Å². The van der Waals surface area contributed by atoms with E-state index in [1.165, 1.54) is 5.56 Å². The Morgan fingerprint density at radius 2 is 1.74 bits per heavy atom. The lowest BCUT2D eigenvalue weighted by Gasteiger charge is -2.33. The standard InChI is InChI=1S/C24H33N5O.HI/c1-3-26-23(30)21-11-7-10-20(16-21)17-27-24(25-2)28-22-12-14-29(15-13-22)18-19-8-5-4-6-9-19;/h4-11,16,22H,3,12-15,17-18H2,1-2H3,(H,26,30)(H2,25,27,28);1H. The molecule has 0 atom stereocenters. The van der Waals surface area contributed by atoms with E-state index in [1.54, 1.807) is 7.05 Å². The summed E-state index contributed by atoms with van der Waals surface area (Å²) in [7, 11) is 1.80. The topological polar surface area (TPSA) is 68.8 Å². The number of likely N-dealkylation sites (tertiary alicyclic amines) is 1. The van der Waals surface area contributed by atoms with Crippen LogP contribution in [0.1, 0.15) is 41.3 Å². The van der Waals surface area contributed by atoms with Crippen LogP contribution in [0.25, 0.3) is 0 Å². The summed E-state index contributed by atoms with van der Waals surface area (Å²) in [4.78, 5) is 18.9. The van der Waals surface area contributed by atoms with Crippen LogP contribution < -0.4 is 16.0 Å². The van der Waals surface area contributed by atoms with Crippen molar-refractivity contribution in [2.75, 3.05) is 26.7 Å². The molecule has 7 heteroatoms. The van der Waals surface area contributed by atoms with Crippen molar-refractivity contribution in [2.24, 2.45) is 4.99 Å². The van der Waals surface area contributed by atoms with Gasteiger partial charge in [0.25, 0.3) is 5.91 Å². The van der Waals surface area contributed by atoms with E-state index in [2.05, 4.69) is 56.2 Å². The lowest BCUT2D eigenvalue weighted by Crippen LogP contribution is -2.48. The van der Waals surface area contributed by atoms with Crippen molar-refractivity contribution in [1.29, 1.82) is 0 Å². The van der Waals surface area contributed by atoms with Crippen molar-refractivity contribution in [3.8, 4) is 0 Å². The van der Waals surface area contributed by atoms with E-state index in [0.717, 1.165) is 44.0 Å². The molecule has 2 aromatic rings. The second-order valence-electron chi connectivity index (χ2n) is 7.67. The van der Waals surface area contributed by atoms with Gasteiger partial charge in [0.15, 0.2) is 5.96 Å². The Balaban J connectivity index is 0.00000341. The summed E-state index contributed by atoms with van der Waals surface area (Å²) in [6, 6.07) is 18.8. The molecule has 3 N–H and O–H groups in total. The van der Waals surface area contributed by atoms with Crippen LogP contribution in [-0.2, 0) is 13.1 Å². The first-order chi connectivity index (χ1) is 14.7. The molecule has 1 amide bonds. The maximum atomic E-state index is 12.0. The number of aliphatic imine (C=N–C) groups is 1. The van der Waals surface area contributed by atoms with Gasteiger partial charge in [-0.15, -0.1) is 24.0 Å². The van der Waals surface area contributed by atoms with Crippen molar-refractivity contribution in [2.45, 2.75) is 38.9 Å². The van der Waals surface area contributed by atoms with Gasteiger partial charge in [0.1, 0.15) is 0 Å². The molecule has 31 heavy (non-hydrogen) atoms. The first kappa shape index (κ1) is 25.1. The van der Waals surface area contributed by atoms with Gasteiger partial charge in [-0.2, -0.15) is 0 Å². The maximum Gasteiger partial charge on any atom is 0.251 e. The van der Waals surface area contributed by atoms with Crippen LogP contribution in [0.4, 0.5) is 0 Å². The number of guanidine groups is 1. The largest absolute Gasteiger partial charge is 0.354 e. The highest BCUT2D eigenvalue weighted by molar-refractivity contribution is 14.0. The highest BCUT2D eigenvalue weighted by Gasteiger charge is 2.20. The van der Waals surface area contributed by atoms with Gasteiger partial charge in [0, 0.05) is 51.4 Å². The van der Waals surface area contributed by atoms with Crippen molar-refractivity contribution < 1.29 is 4.79 Å². The number of hydrogen-bond acceptors (Lipinski definition) is 3. The monoisotopic (exact) mass is 535 g/mol. The van der Waals surface area contributed by atoms with Crippen molar-refractivity contribution in [1.82, 2.24) is 20.9 Å². The average Bonchev–Trinajstić information content (AvgIpc) is 2.79. The minimum Gasteiger partial charge on any atom is -0.354 e. The van der Waals surface area contributed by atoms with E-state index in [0.29, 0.717) is 24.7 Å². The first-order valence-corrected chi connectivity index (χ1v) is 10.8. The number of amides is 1. The Labute approximate surface area is 202 Å². The van der Waals surface area contributed by atoms with Gasteiger partial charge in [-0.25, -0.2) is 0 Å². The van der Waals surface area contributed by atoms with Gasteiger partial charge in [0.05, 0.1) is 0 Å². The van der Waals surface area contributed by atoms with E-state index in [-0.39, 0.29) is 29.9 Å². The average molecular weight is 535 g/mol. The van der Waals surface area contributed by atoms with Gasteiger partial charge in [-0.05, 0) is 43.0 Å². The Morgan fingerprint density at radius 1 is 1.03 bits per heavy atom. The Hall–Kier alpha value is -2.13. The summed E-state index contributed by atoms with van der Waals surface area (Å²) in [5.41, 5.74) is 3.11. The third-order valence-corrected chi connectivity index (χ3v) is 5.39. The molecule has 1 heterocycles. The molecule has 1 aliphatic rings. The molecule has 1 fully saturated rings. The van der Waals surface area contributed by atoms with Crippen molar-refractivity contribution in [3.05, 3.63) is 71.3 Å². The molecule has 2 aromatic carbocycles. The molecule has 1 aliphatic heterocycles. The van der Waals surface area contributed by atoms with Gasteiger partial charge >= 0.3 is 0 Å². The molecule has 0 bridgehead atoms. The minimum atomic E-state index is -0.0379. The summed E-state index contributed by atoms with van der Waals surface area (Å²) in [5.74, 6) is 0.768. The second kappa shape index (κ2) is 13.3. The Morgan fingerprint density at radius 3 is 2.42 bits per heavy atom. The Bertz CT molecular complexity index is 835. The van der Waals surface area contributed by atoms with E-state index < -0.39 is 0 Å². The molecule has 6 nitrogen and oxygen atoms in total. The van der Waals surface area contributed by atoms with Crippen LogP contribution in [0.15, 0.2) is 59.6 Å². The normalized spacial score (nSPS) is 15.1. The number of rotatable bonds is 7. The molecule has 0 aliphatic carbocycles. The third-order valence-electron chi connectivity index (χ3n) is 5.39. The molecule has 0 spiro atoms. The minimum absolute atomic E-state index is 0. The molecule has 1 saturated heterocycles. The zero-order valence-corrected chi connectivity index (χ0v) is 20.8.